The Morgan fingerprint density at radius 1 is 1.35 bits per heavy atom. The SMILES string of the molecule is CN(C(=S)Nc1cccnc1)c1ccc([N+](=O)[O-])cc1. The highest BCUT2D eigenvalue weighted by molar-refractivity contribution is 7.80. The van der Waals surface area contributed by atoms with Crippen LogP contribution in [0.3, 0.4) is 0 Å². The highest BCUT2D eigenvalue weighted by Gasteiger charge is 2.10. The first-order valence-electron chi connectivity index (χ1n) is 5.77. The van der Waals surface area contributed by atoms with E-state index in [0.29, 0.717) is 5.11 Å². The van der Waals surface area contributed by atoms with Gasteiger partial charge >= 0.3 is 0 Å². The number of thiocarbonyl (C=S) groups is 1. The van der Waals surface area contributed by atoms with Crippen molar-refractivity contribution in [2.75, 3.05) is 17.3 Å². The summed E-state index contributed by atoms with van der Waals surface area (Å²) in [5, 5.41) is 14.1. The van der Waals surface area contributed by atoms with Crippen molar-refractivity contribution in [3.8, 4) is 0 Å². The maximum Gasteiger partial charge on any atom is 0.269 e. The standard InChI is InChI=1S/C13H12N4O2S/c1-16(11-4-6-12(7-5-11)17(18)19)13(20)15-10-3-2-8-14-9-10/h2-9H,1H3,(H,15,20). The highest BCUT2D eigenvalue weighted by atomic mass is 32.1. The number of nitrogens with one attached hydrogen (secondary N) is 1. The summed E-state index contributed by atoms with van der Waals surface area (Å²) in [6.07, 6.45) is 3.34. The Balaban J connectivity index is 2.08. The summed E-state index contributed by atoms with van der Waals surface area (Å²) in [6, 6.07) is 9.83. The van der Waals surface area contributed by atoms with Crippen molar-refractivity contribution in [2.45, 2.75) is 0 Å². The van der Waals surface area contributed by atoms with E-state index in [2.05, 4.69) is 10.3 Å². The average molecular weight is 288 g/mol. The summed E-state index contributed by atoms with van der Waals surface area (Å²) in [5.41, 5.74) is 1.59. The first-order valence-corrected chi connectivity index (χ1v) is 6.18. The lowest BCUT2D eigenvalue weighted by atomic mass is 10.3. The number of nitro benzene ring substituents is 1. The van der Waals surface area contributed by atoms with Crippen LogP contribution in [-0.4, -0.2) is 22.1 Å². The van der Waals surface area contributed by atoms with Gasteiger partial charge in [-0.2, -0.15) is 0 Å². The van der Waals surface area contributed by atoms with Crippen molar-refractivity contribution >= 4 is 34.4 Å². The van der Waals surface area contributed by atoms with Crippen molar-refractivity contribution in [3.05, 3.63) is 58.9 Å². The molecule has 0 radical (unpaired) electrons. The van der Waals surface area contributed by atoms with Crippen LogP contribution in [-0.2, 0) is 0 Å². The molecule has 1 aromatic carbocycles. The van der Waals surface area contributed by atoms with Crippen molar-refractivity contribution in [1.82, 2.24) is 4.98 Å². The molecule has 0 fully saturated rings. The van der Waals surface area contributed by atoms with Gasteiger partial charge in [-0.25, -0.2) is 0 Å². The Morgan fingerprint density at radius 3 is 2.60 bits per heavy atom. The Hall–Kier alpha value is -2.54. The monoisotopic (exact) mass is 288 g/mol. The quantitative estimate of drug-likeness (QED) is 0.532. The predicted octanol–water partition coefficient (Wildman–Crippen LogP) is 2.82. The van der Waals surface area contributed by atoms with E-state index in [1.165, 1.54) is 12.1 Å². The van der Waals surface area contributed by atoms with Gasteiger partial charge in [0.15, 0.2) is 5.11 Å². The average Bonchev–Trinajstić information content (AvgIpc) is 2.47. The third-order valence-electron chi connectivity index (χ3n) is 2.67. The van der Waals surface area contributed by atoms with Crippen molar-refractivity contribution in [1.29, 1.82) is 0 Å². The van der Waals surface area contributed by atoms with E-state index < -0.39 is 4.92 Å². The van der Waals surface area contributed by atoms with E-state index in [1.807, 2.05) is 6.07 Å². The summed E-state index contributed by atoms with van der Waals surface area (Å²) in [5.74, 6) is 0. The number of anilines is 2. The number of nitrogens with zero attached hydrogens (tertiary/aromatic N) is 3. The zero-order valence-electron chi connectivity index (χ0n) is 10.7. The first kappa shape index (κ1) is 13.9. The third kappa shape index (κ3) is 3.27. The van der Waals surface area contributed by atoms with E-state index in [1.54, 1.807) is 42.5 Å². The zero-order valence-corrected chi connectivity index (χ0v) is 11.5. The number of rotatable bonds is 3. The second-order valence-electron chi connectivity index (χ2n) is 4.00. The molecule has 0 unspecified atom stereocenters. The number of hydrogen-bond donors (Lipinski definition) is 1. The van der Waals surface area contributed by atoms with Gasteiger partial charge in [-0.3, -0.25) is 15.1 Å². The van der Waals surface area contributed by atoms with Crippen LogP contribution in [0.4, 0.5) is 17.1 Å². The van der Waals surface area contributed by atoms with E-state index in [4.69, 9.17) is 12.2 Å². The fraction of sp³-hybridized carbons (Fsp3) is 0.0769. The normalized spacial score (nSPS) is 9.85. The second-order valence-corrected chi connectivity index (χ2v) is 4.39. The van der Waals surface area contributed by atoms with Crippen molar-refractivity contribution < 1.29 is 4.92 Å². The minimum atomic E-state index is -0.435. The lowest BCUT2D eigenvalue weighted by Gasteiger charge is -2.20. The second kappa shape index (κ2) is 6.07. The molecule has 1 aromatic heterocycles. The molecule has 0 saturated carbocycles. The number of benzene rings is 1. The minimum Gasteiger partial charge on any atom is -0.331 e. The molecular weight excluding hydrogens is 276 g/mol. The summed E-state index contributed by atoms with van der Waals surface area (Å²) in [6.45, 7) is 0. The molecule has 20 heavy (non-hydrogen) atoms. The van der Waals surface area contributed by atoms with Gasteiger partial charge < -0.3 is 10.2 Å². The van der Waals surface area contributed by atoms with Crippen LogP contribution in [0, 0.1) is 10.1 Å². The third-order valence-corrected chi connectivity index (χ3v) is 3.04. The smallest absolute Gasteiger partial charge is 0.269 e. The molecule has 0 aliphatic heterocycles. The van der Waals surface area contributed by atoms with Crippen LogP contribution < -0.4 is 10.2 Å². The summed E-state index contributed by atoms with van der Waals surface area (Å²) in [4.78, 5) is 15.9. The van der Waals surface area contributed by atoms with Crippen LogP contribution in [0.2, 0.25) is 0 Å². The molecular formula is C13H12N4O2S. The molecule has 0 atom stereocenters. The Labute approximate surface area is 121 Å². The molecule has 1 heterocycles. The number of aromatic nitrogens is 1. The van der Waals surface area contributed by atoms with Gasteiger partial charge in [-0.1, -0.05) is 0 Å². The molecule has 0 aliphatic rings. The molecule has 0 amide bonds. The maximum atomic E-state index is 10.6. The molecule has 1 N–H and O–H groups in total. The zero-order chi connectivity index (χ0) is 14.5. The van der Waals surface area contributed by atoms with Crippen LogP contribution in [0.1, 0.15) is 0 Å². The summed E-state index contributed by atoms with van der Waals surface area (Å²) < 4.78 is 0. The molecule has 0 spiro atoms. The van der Waals surface area contributed by atoms with Gasteiger partial charge in [0.1, 0.15) is 0 Å². The number of hydrogen-bond acceptors (Lipinski definition) is 4. The molecule has 7 heteroatoms. The topological polar surface area (TPSA) is 71.3 Å². The number of pyridine rings is 1. The van der Waals surface area contributed by atoms with Gasteiger partial charge in [0.2, 0.25) is 0 Å². The van der Waals surface area contributed by atoms with Crippen LogP contribution in [0.25, 0.3) is 0 Å². The minimum absolute atomic E-state index is 0.0493. The number of non-ortho nitro benzene ring substituents is 1. The van der Waals surface area contributed by atoms with Crippen molar-refractivity contribution in [3.63, 3.8) is 0 Å². The Kier molecular flexibility index (Phi) is 4.21. The van der Waals surface area contributed by atoms with E-state index in [-0.39, 0.29) is 5.69 Å². The van der Waals surface area contributed by atoms with Gasteiger partial charge in [0.05, 0.1) is 16.8 Å². The van der Waals surface area contributed by atoms with Gasteiger partial charge in [-0.05, 0) is 36.5 Å². The largest absolute Gasteiger partial charge is 0.331 e. The number of nitro groups is 1. The van der Waals surface area contributed by atoms with E-state index in [9.17, 15) is 10.1 Å². The van der Waals surface area contributed by atoms with E-state index >= 15 is 0 Å². The predicted molar refractivity (Wildman–Crippen MR) is 82.0 cm³/mol. The van der Waals surface area contributed by atoms with Crippen LogP contribution in [0.15, 0.2) is 48.8 Å². The van der Waals surface area contributed by atoms with Gasteiger partial charge in [-0.15, -0.1) is 0 Å². The molecule has 0 aliphatic carbocycles. The summed E-state index contributed by atoms with van der Waals surface area (Å²) in [7, 11) is 1.78. The van der Waals surface area contributed by atoms with Crippen molar-refractivity contribution in [2.24, 2.45) is 0 Å². The Morgan fingerprint density at radius 2 is 2.05 bits per heavy atom. The summed E-state index contributed by atoms with van der Waals surface area (Å²) >= 11 is 5.28. The lowest BCUT2D eigenvalue weighted by Crippen LogP contribution is -2.30. The molecule has 2 aromatic rings. The van der Waals surface area contributed by atoms with Crippen LogP contribution in [0.5, 0.6) is 0 Å². The van der Waals surface area contributed by atoms with Gasteiger partial charge in [0.25, 0.3) is 5.69 Å². The molecule has 2 rings (SSSR count). The first-order chi connectivity index (χ1) is 9.58. The van der Waals surface area contributed by atoms with Crippen LogP contribution >= 0.6 is 12.2 Å². The lowest BCUT2D eigenvalue weighted by molar-refractivity contribution is -0.384. The Bertz CT molecular complexity index is 616. The molecule has 6 nitrogen and oxygen atoms in total. The molecule has 0 saturated heterocycles. The fourth-order valence-corrected chi connectivity index (χ4v) is 1.78. The van der Waals surface area contributed by atoms with Gasteiger partial charge in [0, 0.05) is 31.1 Å². The molecule has 102 valence electrons. The highest BCUT2D eigenvalue weighted by Crippen LogP contribution is 2.19. The molecule has 0 bridgehead atoms. The maximum absolute atomic E-state index is 10.6. The van der Waals surface area contributed by atoms with E-state index in [0.717, 1.165) is 11.4 Å². The fourth-order valence-electron chi connectivity index (χ4n) is 1.56.